The van der Waals surface area contributed by atoms with Crippen molar-refractivity contribution < 1.29 is 14.6 Å². The van der Waals surface area contributed by atoms with Crippen LogP contribution in [0.5, 0.6) is 5.75 Å². The number of aryl methyl sites for hydroxylation is 1. The highest BCUT2D eigenvalue weighted by Crippen LogP contribution is 2.28. The molecule has 0 aliphatic heterocycles. The Labute approximate surface area is 157 Å². The largest absolute Gasteiger partial charge is 0.491 e. The molecule has 5 heteroatoms. The van der Waals surface area contributed by atoms with Crippen molar-refractivity contribution in [1.82, 2.24) is 5.32 Å². The molecular weight excluding hydrogens is 346 g/mol. The number of hydrogen-bond donors (Lipinski definition) is 2. The molecule has 0 aliphatic carbocycles. The SMILES string of the molecule is Cc1cccc(OCC(O)CNC(=O)c2sccc2-c2ccccc2)c1. The first-order valence-electron chi connectivity index (χ1n) is 8.42. The molecule has 1 atom stereocenters. The van der Waals surface area contributed by atoms with Crippen molar-refractivity contribution in [3.05, 3.63) is 76.5 Å². The molecule has 0 saturated carbocycles. The first-order chi connectivity index (χ1) is 12.6. The third-order valence-electron chi connectivity index (χ3n) is 3.89. The lowest BCUT2D eigenvalue weighted by Crippen LogP contribution is -2.35. The first-order valence-corrected chi connectivity index (χ1v) is 9.30. The van der Waals surface area contributed by atoms with Gasteiger partial charge in [-0.1, -0.05) is 42.5 Å². The van der Waals surface area contributed by atoms with E-state index in [2.05, 4.69) is 5.32 Å². The van der Waals surface area contributed by atoms with E-state index in [0.29, 0.717) is 10.6 Å². The van der Waals surface area contributed by atoms with Gasteiger partial charge in [-0.05, 0) is 41.6 Å². The highest BCUT2D eigenvalue weighted by atomic mass is 32.1. The number of thiophene rings is 1. The van der Waals surface area contributed by atoms with Gasteiger partial charge in [0, 0.05) is 12.1 Å². The maximum Gasteiger partial charge on any atom is 0.262 e. The number of ether oxygens (including phenoxy) is 1. The highest BCUT2D eigenvalue weighted by molar-refractivity contribution is 7.12. The van der Waals surface area contributed by atoms with Crippen molar-refractivity contribution >= 4 is 17.2 Å². The van der Waals surface area contributed by atoms with Gasteiger partial charge in [-0.25, -0.2) is 0 Å². The molecule has 1 heterocycles. The van der Waals surface area contributed by atoms with Gasteiger partial charge in [-0.3, -0.25) is 4.79 Å². The topological polar surface area (TPSA) is 58.6 Å². The molecule has 2 N–H and O–H groups in total. The fourth-order valence-electron chi connectivity index (χ4n) is 2.58. The number of amides is 1. The van der Waals surface area contributed by atoms with Crippen LogP contribution in [-0.2, 0) is 0 Å². The molecule has 0 fully saturated rings. The molecule has 0 bridgehead atoms. The smallest absolute Gasteiger partial charge is 0.262 e. The van der Waals surface area contributed by atoms with Crippen LogP contribution >= 0.6 is 11.3 Å². The van der Waals surface area contributed by atoms with Crippen LogP contribution in [0.3, 0.4) is 0 Å². The lowest BCUT2D eigenvalue weighted by molar-refractivity contribution is 0.0847. The minimum atomic E-state index is -0.778. The Bertz CT molecular complexity index is 860. The van der Waals surface area contributed by atoms with E-state index in [9.17, 15) is 9.90 Å². The molecule has 0 saturated heterocycles. The third-order valence-corrected chi connectivity index (χ3v) is 4.80. The molecule has 0 spiro atoms. The van der Waals surface area contributed by atoms with Gasteiger partial charge < -0.3 is 15.2 Å². The van der Waals surface area contributed by atoms with Gasteiger partial charge in [0.1, 0.15) is 18.5 Å². The van der Waals surface area contributed by atoms with Crippen molar-refractivity contribution in [2.75, 3.05) is 13.2 Å². The second-order valence-electron chi connectivity index (χ2n) is 6.02. The summed E-state index contributed by atoms with van der Waals surface area (Å²) in [6.07, 6.45) is -0.778. The van der Waals surface area contributed by atoms with Crippen LogP contribution in [-0.4, -0.2) is 30.3 Å². The summed E-state index contributed by atoms with van der Waals surface area (Å²) in [6, 6.07) is 19.4. The standard InChI is InChI=1S/C21H21NO3S/c1-15-6-5-9-18(12-15)25-14-17(23)13-22-21(24)20-19(10-11-26-20)16-7-3-2-4-8-16/h2-12,17,23H,13-14H2,1H3,(H,22,24). The molecule has 0 aliphatic rings. The first kappa shape index (κ1) is 18.2. The Balaban J connectivity index is 1.54. The van der Waals surface area contributed by atoms with Crippen LogP contribution < -0.4 is 10.1 Å². The zero-order chi connectivity index (χ0) is 18.4. The van der Waals surface area contributed by atoms with Gasteiger partial charge in [0.05, 0.1) is 4.88 Å². The monoisotopic (exact) mass is 367 g/mol. The van der Waals surface area contributed by atoms with E-state index in [1.807, 2.05) is 73.0 Å². The normalized spacial score (nSPS) is 11.8. The van der Waals surface area contributed by atoms with Crippen molar-refractivity contribution in [1.29, 1.82) is 0 Å². The number of hydrogen-bond acceptors (Lipinski definition) is 4. The van der Waals surface area contributed by atoms with E-state index < -0.39 is 6.10 Å². The summed E-state index contributed by atoms with van der Waals surface area (Å²) in [5.41, 5.74) is 3.00. The lowest BCUT2D eigenvalue weighted by Gasteiger charge is -2.14. The minimum absolute atomic E-state index is 0.125. The molecule has 1 amide bonds. The molecule has 3 aromatic rings. The molecule has 3 rings (SSSR count). The molecule has 1 aromatic heterocycles. The van der Waals surface area contributed by atoms with Crippen molar-refractivity contribution in [2.45, 2.75) is 13.0 Å². The van der Waals surface area contributed by atoms with Gasteiger partial charge in [0.2, 0.25) is 0 Å². The number of aliphatic hydroxyl groups excluding tert-OH is 1. The van der Waals surface area contributed by atoms with Crippen LogP contribution in [0.4, 0.5) is 0 Å². The number of carbonyl (C=O) groups is 1. The van der Waals surface area contributed by atoms with Crippen LogP contribution in [0.1, 0.15) is 15.2 Å². The van der Waals surface area contributed by atoms with Gasteiger partial charge in [-0.2, -0.15) is 0 Å². The van der Waals surface area contributed by atoms with Gasteiger partial charge in [0.15, 0.2) is 0 Å². The lowest BCUT2D eigenvalue weighted by atomic mass is 10.1. The van der Waals surface area contributed by atoms with Gasteiger partial charge >= 0.3 is 0 Å². The predicted octanol–water partition coefficient (Wildman–Crippen LogP) is 3.89. The van der Waals surface area contributed by atoms with Gasteiger partial charge in [-0.15, -0.1) is 11.3 Å². The Hall–Kier alpha value is -2.63. The summed E-state index contributed by atoms with van der Waals surface area (Å²) in [7, 11) is 0. The Morgan fingerprint density at radius 2 is 1.96 bits per heavy atom. The number of nitrogens with one attached hydrogen (secondary N) is 1. The molecule has 0 radical (unpaired) electrons. The van der Waals surface area contributed by atoms with Crippen LogP contribution in [0.25, 0.3) is 11.1 Å². The maximum atomic E-state index is 12.5. The maximum absolute atomic E-state index is 12.5. The second-order valence-corrected chi connectivity index (χ2v) is 6.94. The van der Waals surface area contributed by atoms with Crippen LogP contribution in [0, 0.1) is 6.92 Å². The van der Waals surface area contributed by atoms with Crippen molar-refractivity contribution in [3.63, 3.8) is 0 Å². The quantitative estimate of drug-likeness (QED) is 0.666. The molecule has 1 unspecified atom stereocenters. The second kappa shape index (κ2) is 8.65. The van der Waals surface area contributed by atoms with E-state index in [-0.39, 0.29) is 19.1 Å². The predicted molar refractivity (Wildman–Crippen MR) is 105 cm³/mol. The number of carbonyl (C=O) groups excluding carboxylic acids is 1. The minimum Gasteiger partial charge on any atom is -0.491 e. The Kier molecular flexibility index (Phi) is 6.04. The molecule has 4 nitrogen and oxygen atoms in total. The number of aliphatic hydroxyl groups is 1. The van der Waals surface area contributed by atoms with Crippen molar-refractivity contribution in [3.8, 4) is 16.9 Å². The highest BCUT2D eigenvalue weighted by Gasteiger charge is 2.15. The summed E-state index contributed by atoms with van der Waals surface area (Å²) in [5, 5.41) is 14.8. The van der Waals surface area contributed by atoms with E-state index in [1.54, 1.807) is 0 Å². The zero-order valence-electron chi connectivity index (χ0n) is 14.5. The van der Waals surface area contributed by atoms with E-state index in [4.69, 9.17) is 4.74 Å². The average Bonchev–Trinajstić information content (AvgIpc) is 3.15. The molecule has 2 aromatic carbocycles. The fraction of sp³-hybridized carbons (Fsp3) is 0.190. The van der Waals surface area contributed by atoms with E-state index >= 15 is 0 Å². The molecular formula is C21H21NO3S. The van der Waals surface area contributed by atoms with Crippen molar-refractivity contribution in [2.24, 2.45) is 0 Å². The zero-order valence-corrected chi connectivity index (χ0v) is 15.3. The fourth-order valence-corrected chi connectivity index (χ4v) is 3.41. The molecule has 134 valence electrons. The summed E-state index contributed by atoms with van der Waals surface area (Å²) in [4.78, 5) is 13.1. The number of rotatable bonds is 7. The molecule has 26 heavy (non-hydrogen) atoms. The van der Waals surface area contributed by atoms with E-state index in [0.717, 1.165) is 16.7 Å². The Morgan fingerprint density at radius 1 is 1.15 bits per heavy atom. The number of benzene rings is 2. The average molecular weight is 367 g/mol. The summed E-state index contributed by atoms with van der Waals surface area (Å²) in [5.74, 6) is 0.522. The third kappa shape index (κ3) is 4.71. The summed E-state index contributed by atoms with van der Waals surface area (Å²) >= 11 is 1.39. The Morgan fingerprint density at radius 3 is 2.73 bits per heavy atom. The van der Waals surface area contributed by atoms with E-state index in [1.165, 1.54) is 11.3 Å². The summed E-state index contributed by atoms with van der Waals surface area (Å²) in [6.45, 7) is 2.24. The van der Waals surface area contributed by atoms with Gasteiger partial charge in [0.25, 0.3) is 5.91 Å². The van der Waals surface area contributed by atoms with Crippen LogP contribution in [0.2, 0.25) is 0 Å². The van der Waals surface area contributed by atoms with Crippen LogP contribution in [0.15, 0.2) is 66.0 Å². The summed E-state index contributed by atoms with van der Waals surface area (Å²) < 4.78 is 5.57.